The minimum atomic E-state index is -0.961. The van der Waals surface area contributed by atoms with Gasteiger partial charge >= 0.3 is 5.97 Å². The van der Waals surface area contributed by atoms with Gasteiger partial charge in [0.05, 0.1) is 18.1 Å². The van der Waals surface area contributed by atoms with E-state index >= 15 is 0 Å². The minimum absolute atomic E-state index is 0.123. The normalized spacial score (nSPS) is 11.3. The lowest BCUT2D eigenvalue weighted by molar-refractivity contribution is -0.137. The van der Waals surface area contributed by atoms with Crippen LogP contribution in [-0.4, -0.2) is 23.0 Å². The third-order valence-corrected chi connectivity index (χ3v) is 2.13. The Morgan fingerprint density at radius 3 is 2.47 bits per heavy atom. The van der Waals surface area contributed by atoms with Crippen LogP contribution in [0.1, 0.15) is 29.3 Å². The van der Waals surface area contributed by atoms with E-state index in [4.69, 9.17) is 10.4 Å². The molecule has 1 aromatic carbocycles. The Morgan fingerprint density at radius 2 is 2.00 bits per heavy atom. The van der Waals surface area contributed by atoms with Gasteiger partial charge in [0.1, 0.15) is 0 Å². The molecule has 0 fully saturated rings. The van der Waals surface area contributed by atoms with E-state index in [9.17, 15) is 9.59 Å². The number of carboxylic acids is 1. The fourth-order valence-corrected chi connectivity index (χ4v) is 1.32. The van der Waals surface area contributed by atoms with Crippen LogP contribution >= 0.6 is 0 Å². The van der Waals surface area contributed by atoms with Crippen molar-refractivity contribution in [2.24, 2.45) is 0 Å². The first-order valence-electron chi connectivity index (χ1n) is 5.05. The molecule has 0 aromatic heterocycles. The Bertz CT molecular complexity index is 460. The second-order valence-corrected chi connectivity index (χ2v) is 3.66. The largest absolute Gasteiger partial charge is 0.481 e. The predicted octanol–water partition coefficient (Wildman–Crippen LogP) is 1.15. The number of aliphatic carboxylic acids is 1. The molecule has 0 saturated carbocycles. The second-order valence-electron chi connectivity index (χ2n) is 3.66. The first-order valence-corrected chi connectivity index (χ1v) is 5.05. The average molecular weight is 232 g/mol. The summed E-state index contributed by atoms with van der Waals surface area (Å²) in [6.45, 7) is 1.62. The number of carbonyl (C=O) groups is 2. The molecule has 17 heavy (non-hydrogen) atoms. The topological polar surface area (TPSA) is 90.2 Å². The predicted molar refractivity (Wildman–Crippen MR) is 60.3 cm³/mol. The van der Waals surface area contributed by atoms with Gasteiger partial charge < -0.3 is 10.4 Å². The molecule has 2 N–H and O–H groups in total. The molecule has 0 radical (unpaired) electrons. The third kappa shape index (κ3) is 3.95. The number of nitrogens with one attached hydrogen (secondary N) is 1. The number of hydrogen-bond acceptors (Lipinski definition) is 3. The van der Waals surface area contributed by atoms with Crippen LogP contribution in [0.3, 0.4) is 0 Å². The molecule has 0 saturated heterocycles. The molecule has 1 rings (SSSR count). The zero-order chi connectivity index (χ0) is 12.8. The highest BCUT2D eigenvalue weighted by molar-refractivity contribution is 5.94. The number of carbonyl (C=O) groups excluding carboxylic acids is 1. The highest BCUT2D eigenvalue weighted by Gasteiger charge is 2.12. The van der Waals surface area contributed by atoms with Crippen molar-refractivity contribution in [2.45, 2.75) is 19.4 Å². The molecular formula is C12H12N2O3. The molecule has 0 aliphatic rings. The van der Waals surface area contributed by atoms with Gasteiger partial charge in [-0.1, -0.05) is 0 Å². The molecule has 0 bridgehead atoms. The van der Waals surface area contributed by atoms with Gasteiger partial charge in [-0.15, -0.1) is 0 Å². The molecule has 0 aliphatic heterocycles. The van der Waals surface area contributed by atoms with Crippen molar-refractivity contribution in [3.63, 3.8) is 0 Å². The minimum Gasteiger partial charge on any atom is -0.481 e. The van der Waals surface area contributed by atoms with Crippen molar-refractivity contribution in [3.8, 4) is 6.07 Å². The molecular weight excluding hydrogens is 220 g/mol. The maximum absolute atomic E-state index is 11.6. The van der Waals surface area contributed by atoms with Gasteiger partial charge in [0.15, 0.2) is 0 Å². The summed E-state index contributed by atoms with van der Waals surface area (Å²) in [7, 11) is 0. The van der Waals surface area contributed by atoms with E-state index < -0.39 is 12.0 Å². The number of benzene rings is 1. The molecule has 1 atom stereocenters. The van der Waals surface area contributed by atoms with Gasteiger partial charge in [0.2, 0.25) is 0 Å². The SMILES string of the molecule is CC(CC(=O)O)NC(=O)c1ccc(C#N)cc1. The van der Waals surface area contributed by atoms with Crippen LogP contribution in [0, 0.1) is 11.3 Å². The molecule has 88 valence electrons. The summed E-state index contributed by atoms with van der Waals surface area (Å²) in [6.07, 6.45) is -0.123. The fraction of sp³-hybridized carbons (Fsp3) is 0.250. The number of amides is 1. The average Bonchev–Trinajstić information content (AvgIpc) is 2.28. The molecule has 5 heteroatoms. The molecule has 5 nitrogen and oxygen atoms in total. The number of rotatable bonds is 4. The van der Waals surface area contributed by atoms with Gasteiger partial charge in [-0.3, -0.25) is 9.59 Å². The van der Waals surface area contributed by atoms with Gasteiger partial charge in [0.25, 0.3) is 5.91 Å². The first kappa shape index (κ1) is 12.7. The smallest absolute Gasteiger partial charge is 0.305 e. The Hall–Kier alpha value is -2.35. The van der Waals surface area contributed by atoms with Gasteiger partial charge in [0, 0.05) is 11.6 Å². The van der Waals surface area contributed by atoms with Crippen LogP contribution in [-0.2, 0) is 4.79 Å². The molecule has 0 spiro atoms. The molecule has 0 aliphatic carbocycles. The number of carboxylic acid groups (broad SMARTS) is 1. The Labute approximate surface area is 98.7 Å². The van der Waals surface area contributed by atoms with Crippen molar-refractivity contribution < 1.29 is 14.7 Å². The summed E-state index contributed by atoms with van der Waals surface area (Å²) < 4.78 is 0. The van der Waals surface area contributed by atoms with E-state index in [2.05, 4.69) is 5.32 Å². The van der Waals surface area contributed by atoms with Crippen LogP contribution in [0.15, 0.2) is 24.3 Å². The molecule has 1 aromatic rings. The summed E-state index contributed by atoms with van der Waals surface area (Å²) >= 11 is 0. The molecule has 1 amide bonds. The standard InChI is InChI=1S/C12H12N2O3/c1-8(6-11(15)16)14-12(17)10-4-2-9(7-13)3-5-10/h2-5,8H,6H2,1H3,(H,14,17)(H,15,16). The van der Waals surface area contributed by atoms with E-state index in [0.717, 1.165) is 0 Å². The zero-order valence-electron chi connectivity index (χ0n) is 9.30. The van der Waals surface area contributed by atoms with Crippen molar-refractivity contribution in [1.29, 1.82) is 5.26 Å². The Morgan fingerprint density at radius 1 is 1.41 bits per heavy atom. The number of nitriles is 1. The maximum atomic E-state index is 11.6. The monoisotopic (exact) mass is 232 g/mol. The Kier molecular flexibility index (Phi) is 4.23. The summed E-state index contributed by atoms with van der Waals surface area (Å²) in [6, 6.07) is 7.65. The van der Waals surface area contributed by atoms with Crippen molar-refractivity contribution in [3.05, 3.63) is 35.4 Å². The van der Waals surface area contributed by atoms with E-state index in [1.165, 1.54) is 24.3 Å². The summed E-state index contributed by atoms with van der Waals surface area (Å²) in [4.78, 5) is 22.1. The lowest BCUT2D eigenvalue weighted by atomic mass is 10.1. The Balaban J connectivity index is 2.64. The van der Waals surface area contributed by atoms with Crippen molar-refractivity contribution in [2.75, 3.05) is 0 Å². The van der Waals surface area contributed by atoms with Crippen molar-refractivity contribution >= 4 is 11.9 Å². The lowest BCUT2D eigenvalue weighted by Gasteiger charge is -2.11. The number of hydrogen-bond donors (Lipinski definition) is 2. The van der Waals surface area contributed by atoms with Gasteiger partial charge in [-0.25, -0.2) is 0 Å². The van der Waals surface area contributed by atoms with Crippen LogP contribution in [0.4, 0.5) is 0 Å². The lowest BCUT2D eigenvalue weighted by Crippen LogP contribution is -2.34. The first-order chi connectivity index (χ1) is 8.02. The van der Waals surface area contributed by atoms with Crippen LogP contribution in [0.25, 0.3) is 0 Å². The summed E-state index contributed by atoms with van der Waals surface area (Å²) in [5.41, 5.74) is 0.876. The molecule has 1 unspecified atom stereocenters. The fourth-order valence-electron chi connectivity index (χ4n) is 1.32. The summed E-state index contributed by atoms with van der Waals surface area (Å²) in [5, 5.41) is 19.7. The zero-order valence-corrected chi connectivity index (χ0v) is 9.30. The third-order valence-electron chi connectivity index (χ3n) is 2.13. The van der Waals surface area contributed by atoms with Crippen LogP contribution in [0.5, 0.6) is 0 Å². The molecule has 0 heterocycles. The number of nitrogens with zero attached hydrogens (tertiary/aromatic N) is 1. The van der Waals surface area contributed by atoms with Crippen LogP contribution < -0.4 is 5.32 Å². The van der Waals surface area contributed by atoms with Gasteiger partial charge in [-0.05, 0) is 31.2 Å². The highest BCUT2D eigenvalue weighted by Crippen LogP contribution is 2.04. The van der Waals surface area contributed by atoms with Crippen LogP contribution in [0.2, 0.25) is 0 Å². The summed E-state index contributed by atoms with van der Waals surface area (Å²) in [5.74, 6) is -1.30. The van der Waals surface area contributed by atoms with Gasteiger partial charge in [-0.2, -0.15) is 5.26 Å². The van der Waals surface area contributed by atoms with E-state index in [1.54, 1.807) is 6.92 Å². The van der Waals surface area contributed by atoms with Crippen molar-refractivity contribution in [1.82, 2.24) is 5.32 Å². The van der Waals surface area contributed by atoms with E-state index in [-0.39, 0.29) is 12.3 Å². The second kappa shape index (κ2) is 5.66. The van der Waals surface area contributed by atoms with E-state index in [0.29, 0.717) is 11.1 Å². The maximum Gasteiger partial charge on any atom is 0.305 e. The quantitative estimate of drug-likeness (QED) is 0.814. The van der Waals surface area contributed by atoms with E-state index in [1.807, 2.05) is 6.07 Å². The highest BCUT2D eigenvalue weighted by atomic mass is 16.4.